The minimum absolute atomic E-state index is 0.0692. The molecule has 1 fully saturated rings. The molecule has 2 heterocycles. The van der Waals surface area contributed by atoms with Crippen LogP contribution in [0, 0.1) is 0 Å². The molecule has 158 valence electrons. The van der Waals surface area contributed by atoms with Crippen molar-refractivity contribution >= 4 is 39.1 Å². The molecule has 1 atom stereocenters. The number of benzene rings is 2. The molecule has 1 N–H and O–H groups in total. The predicted molar refractivity (Wildman–Crippen MR) is 114 cm³/mol. The third-order valence-corrected chi connectivity index (χ3v) is 7.58. The quantitative estimate of drug-likeness (QED) is 0.783. The Labute approximate surface area is 180 Å². The van der Waals surface area contributed by atoms with Gasteiger partial charge in [0.1, 0.15) is 6.04 Å². The third kappa shape index (κ3) is 3.71. The zero-order chi connectivity index (χ0) is 21.5. The fourth-order valence-electron chi connectivity index (χ4n) is 4.10. The summed E-state index contributed by atoms with van der Waals surface area (Å²) in [5, 5.41) is 3.17. The van der Waals surface area contributed by atoms with E-state index < -0.39 is 16.1 Å². The van der Waals surface area contributed by atoms with Crippen molar-refractivity contribution in [3.63, 3.8) is 0 Å². The molecule has 1 saturated heterocycles. The van der Waals surface area contributed by atoms with Crippen LogP contribution < -0.4 is 10.2 Å². The Balaban J connectivity index is 1.75. The lowest BCUT2D eigenvalue weighted by Crippen LogP contribution is -2.52. The lowest BCUT2D eigenvalue weighted by Gasteiger charge is -2.35. The summed E-state index contributed by atoms with van der Waals surface area (Å²) in [6.45, 7) is 2.51. The SMILES string of the molecule is CC(=O)N1CCCc2cc(S(=O)(=O)N3CCNC(=O)C3c3cccc(Cl)c3)ccc21. The standard InChI is InChI=1S/C21H22ClN3O4S/c1-14(26)24-10-3-5-15-13-18(7-8-19(15)24)30(28,29)25-11-9-23-21(27)20(25)16-4-2-6-17(22)12-16/h2,4,6-8,12-13,20H,3,5,9-11H2,1H3,(H,23,27). The van der Waals surface area contributed by atoms with Crippen LogP contribution in [-0.4, -0.2) is 44.2 Å². The van der Waals surface area contributed by atoms with Gasteiger partial charge in [0.15, 0.2) is 0 Å². The molecule has 4 rings (SSSR count). The molecule has 2 aromatic carbocycles. The van der Waals surface area contributed by atoms with Gasteiger partial charge in [0.05, 0.1) is 4.90 Å². The molecule has 2 aromatic rings. The number of piperazine rings is 1. The third-order valence-electron chi connectivity index (χ3n) is 5.49. The Morgan fingerprint density at radius 2 is 1.97 bits per heavy atom. The van der Waals surface area contributed by atoms with Crippen LogP contribution >= 0.6 is 11.6 Å². The summed E-state index contributed by atoms with van der Waals surface area (Å²) in [4.78, 5) is 26.3. The van der Waals surface area contributed by atoms with Crippen LogP contribution in [-0.2, 0) is 26.0 Å². The maximum atomic E-state index is 13.5. The molecule has 0 saturated carbocycles. The van der Waals surface area contributed by atoms with E-state index >= 15 is 0 Å². The number of rotatable bonds is 3. The maximum absolute atomic E-state index is 13.5. The predicted octanol–water partition coefficient (Wildman–Crippen LogP) is 2.50. The molecule has 9 heteroatoms. The first-order valence-corrected chi connectivity index (χ1v) is 11.6. The fourth-order valence-corrected chi connectivity index (χ4v) is 5.92. The Hall–Kier alpha value is -2.42. The monoisotopic (exact) mass is 447 g/mol. The zero-order valence-electron chi connectivity index (χ0n) is 16.5. The molecule has 30 heavy (non-hydrogen) atoms. The van der Waals surface area contributed by atoms with E-state index in [0.717, 1.165) is 17.7 Å². The minimum atomic E-state index is -3.95. The highest BCUT2D eigenvalue weighted by Gasteiger charge is 2.40. The van der Waals surface area contributed by atoms with Gasteiger partial charge in [-0.1, -0.05) is 23.7 Å². The number of sulfonamides is 1. The first-order chi connectivity index (χ1) is 14.3. The van der Waals surface area contributed by atoms with Crippen LogP contribution in [0.15, 0.2) is 47.4 Å². The van der Waals surface area contributed by atoms with Crippen molar-refractivity contribution in [2.24, 2.45) is 0 Å². The van der Waals surface area contributed by atoms with Crippen LogP contribution in [0.1, 0.15) is 30.5 Å². The normalized spacial score (nSPS) is 19.9. The van der Waals surface area contributed by atoms with Crippen molar-refractivity contribution in [1.29, 1.82) is 0 Å². The largest absolute Gasteiger partial charge is 0.353 e. The summed E-state index contributed by atoms with van der Waals surface area (Å²) in [5.41, 5.74) is 2.08. The summed E-state index contributed by atoms with van der Waals surface area (Å²) < 4.78 is 28.3. The van der Waals surface area contributed by atoms with Gasteiger partial charge in [0.2, 0.25) is 21.8 Å². The molecule has 0 spiro atoms. The number of halogens is 1. The van der Waals surface area contributed by atoms with Gasteiger partial charge in [-0.15, -0.1) is 0 Å². The summed E-state index contributed by atoms with van der Waals surface area (Å²) in [7, 11) is -3.95. The fraction of sp³-hybridized carbons (Fsp3) is 0.333. The average Bonchev–Trinajstić information content (AvgIpc) is 2.72. The van der Waals surface area contributed by atoms with Gasteiger partial charge in [-0.05, 0) is 54.3 Å². The number of fused-ring (bicyclic) bond motifs is 1. The summed E-state index contributed by atoms with van der Waals surface area (Å²) in [6, 6.07) is 10.5. The van der Waals surface area contributed by atoms with E-state index in [1.165, 1.54) is 17.3 Å². The van der Waals surface area contributed by atoms with E-state index in [4.69, 9.17) is 11.6 Å². The van der Waals surface area contributed by atoms with Crippen LogP contribution in [0.3, 0.4) is 0 Å². The number of nitrogens with zero attached hydrogens (tertiary/aromatic N) is 2. The van der Waals surface area contributed by atoms with Gasteiger partial charge in [-0.2, -0.15) is 4.31 Å². The van der Waals surface area contributed by atoms with Crippen LogP contribution in [0.25, 0.3) is 0 Å². The van der Waals surface area contributed by atoms with Crippen molar-refractivity contribution in [3.8, 4) is 0 Å². The van der Waals surface area contributed by atoms with Crippen molar-refractivity contribution in [2.75, 3.05) is 24.5 Å². The highest BCUT2D eigenvalue weighted by Crippen LogP contribution is 2.34. The van der Waals surface area contributed by atoms with E-state index in [1.54, 1.807) is 41.3 Å². The van der Waals surface area contributed by atoms with Gasteiger partial charge in [0.25, 0.3) is 0 Å². The number of hydrogen-bond acceptors (Lipinski definition) is 4. The molecular formula is C21H22ClN3O4S. The van der Waals surface area contributed by atoms with Crippen LogP contribution in [0.2, 0.25) is 5.02 Å². The maximum Gasteiger partial charge on any atom is 0.244 e. The van der Waals surface area contributed by atoms with E-state index in [2.05, 4.69) is 5.32 Å². The van der Waals surface area contributed by atoms with Gasteiger partial charge in [0, 0.05) is 37.3 Å². The molecule has 2 aliphatic rings. The smallest absolute Gasteiger partial charge is 0.244 e. The van der Waals surface area contributed by atoms with Gasteiger partial charge < -0.3 is 10.2 Å². The molecule has 0 aliphatic carbocycles. The number of carbonyl (C=O) groups is 2. The number of carbonyl (C=O) groups excluding carboxylic acids is 2. The summed E-state index contributed by atoms with van der Waals surface area (Å²) >= 11 is 6.08. The Morgan fingerprint density at radius 3 is 2.70 bits per heavy atom. The first kappa shape index (κ1) is 20.8. The minimum Gasteiger partial charge on any atom is -0.353 e. The lowest BCUT2D eigenvalue weighted by molar-refractivity contribution is -0.127. The van der Waals surface area contributed by atoms with Gasteiger partial charge in [-0.25, -0.2) is 8.42 Å². The molecule has 2 aliphatic heterocycles. The second kappa shape index (κ2) is 8.02. The zero-order valence-corrected chi connectivity index (χ0v) is 18.0. The number of aryl methyl sites for hydroxylation is 1. The Morgan fingerprint density at radius 1 is 1.17 bits per heavy atom. The number of nitrogens with one attached hydrogen (secondary N) is 1. The van der Waals surface area contributed by atoms with Gasteiger partial charge >= 0.3 is 0 Å². The lowest BCUT2D eigenvalue weighted by atomic mass is 10.0. The highest BCUT2D eigenvalue weighted by atomic mass is 35.5. The van der Waals surface area contributed by atoms with E-state index in [9.17, 15) is 18.0 Å². The van der Waals surface area contributed by atoms with Crippen LogP contribution in [0.5, 0.6) is 0 Å². The molecule has 0 bridgehead atoms. The first-order valence-electron chi connectivity index (χ1n) is 9.75. The van der Waals surface area contributed by atoms with Crippen molar-refractivity contribution in [1.82, 2.24) is 9.62 Å². The molecule has 2 amide bonds. The van der Waals surface area contributed by atoms with Crippen LogP contribution in [0.4, 0.5) is 5.69 Å². The number of anilines is 1. The van der Waals surface area contributed by atoms with E-state index in [1.807, 2.05) is 0 Å². The molecule has 0 aromatic heterocycles. The molecular weight excluding hydrogens is 426 g/mol. The van der Waals surface area contributed by atoms with Crippen molar-refractivity contribution in [3.05, 3.63) is 58.6 Å². The average molecular weight is 448 g/mol. The van der Waals surface area contributed by atoms with Gasteiger partial charge in [-0.3, -0.25) is 9.59 Å². The Kier molecular flexibility index (Phi) is 5.57. The molecule has 1 unspecified atom stereocenters. The Bertz CT molecular complexity index is 1120. The van der Waals surface area contributed by atoms with Crippen molar-refractivity contribution < 1.29 is 18.0 Å². The number of amides is 2. The summed E-state index contributed by atoms with van der Waals surface area (Å²) in [6.07, 6.45) is 1.47. The summed E-state index contributed by atoms with van der Waals surface area (Å²) in [5.74, 6) is -0.451. The highest BCUT2D eigenvalue weighted by molar-refractivity contribution is 7.89. The molecule has 0 radical (unpaired) electrons. The van der Waals surface area contributed by atoms with E-state index in [-0.39, 0.29) is 29.8 Å². The van der Waals surface area contributed by atoms with E-state index in [0.29, 0.717) is 23.6 Å². The second-order valence-electron chi connectivity index (χ2n) is 7.43. The van der Waals surface area contributed by atoms with Crippen molar-refractivity contribution in [2.45, 2.75) is 30.7 Å². The number of hydrogen-bond donors (Lipinski definition) is 1. The second-order valence-corrected chi connectivity index (χ2v) is 9.76. The topological polar surface area (TPSA) is 86.8 Å². The molecule has 7 nitrogen and oxygen atoms in total.